The third-order valence-electron chi connectivity index (χ3n) is 3.29. The lowest BCUT2D eigenvalue weighted by atomic mass is 10.1. The standard InChI is InChI=1S/C11H10O.C7H8O/c1-8-10-5-3-2-4-9(10)6-7-11(8)12;1-6-4-2-3-5-7(6)8/h2-7,12H,1H3;2-5,8H,1H3. The summed E-state index contributed by atoms with van der Waals surface area (Å²) in [7, 11) is 0. The molecule has 2 heteroatoms. The predicted octanol–water partition coefficient (Wildman–Crippen LogP) is 4.55. The van der Waals surface area contributed by atoms with Crippen LogP contribution in [0.15, 0.2) is 60.7 Å². The second kappa shape index (κ2) is 6.11. The summed E-state index contributed by atoms with van der Waals surface area (Å²) in [5.74, 6) is 0.737. The fourth-order valence-electron chi connectivity index (χ4n) is 1.98. The van der Waals surface area contributed by atoms with E-state index >= 15 is 0 Å². The van der Waals surface area contributed by atoms with Crippen LogP contribution in [0.5, 0.6) is 11.5 Å². The number of phenolic OH excluding ortho intramolecular Hbond substituents is 2. The zero-order chi connectivity index (χ0) is 14.5. The average molecular weight is 266 g/mol. The summed E-state index contributed by atoms with van der Waals surface area (Å²) in [6.45, 7) is 3.80. The van der Waals surface area contributed by atoms with Gasteiger partial charge in [0.15, 0.2) is 0 Å². The van der Waals surface area contributed by atoms with Crippen molar-refractivity contribution in [3.05, 3.63) is 71.8 Å². The molecule has 0 aromatic heterocycles. The number of fused-ring (bicyclic) bond motifs is 1. The van der Waals surface area contributed by atoms with Gasteiger partial charge in [-0.25, -0.2) is 0 Å². The Kier molecular flexibility index (Phi) is 4.26. The van der Waals surface area contributed by atoms with Crippen LogP contribution in [-0.2, 0) is 0 Å². The van der Waals surface area contributed by atoms with Crippen molar-refractivity contribution in [1.29, 1.82) is 0 Å². The summed E-state index contributed by atoms with van der Waals surface area (Å²) >= 11 is 0. The molecule has 20 heavy (non-hydrogen) atoms. The van der Waals surface area contributed by atoms with E-state index < -0.39 is 0 Å². The smallest absolute Gasteiger partial charge is 0.119 e. The Bertz CT molecular complexity index is 696. The molecule has 102 valence electrons. The first-order valence-electron chi connectivity index (χ1n) is 6.51. The third-order valence-corrected chi connectivity index (χ3v) is 3.29. The third kappa shape index (κ3) is 3.09. The van der Waals surface area contributed by atoms with Crippen molar-refractivity contribution in [2.75, 3.05) is 0 Å². The maximum Gasteiger partial charge on any atom is 0.119 e. The minimum Gasteiger partial charge on any atom is -0.508 e. The molecule has 0 atom stereocenters. The minimum atomic E-state index is 0.368. The van der Waals surface area contributed by atoms with Gasteiger partial charge in [-0.3, -0.25) is 0 Å². The fraction of sp³-hybridized carbons (Fsp3) is 0.111. The highest BCUT2D eigenvalue weighted by molar-refractivity contribution is 5.87. The molecular weight excluding hydrogens is 248 g/mol. The van der Waals surface area contributed by atoms with Gasteiger partial charge in [-0.2, -0.15) is 0 Å². The summed E-state index contributed by atoms with van der Waals surface area (Å²) in [6, 6.07) is 19.0. The van der Waals surface area contributed by atoms with E-state index in [0.29, 0.717) is 11.5 Å². The van der Waals surface area contributed by atoms with Crippen molar-refractivity contribution in [1.82, 2.24) is 0 Å². The maximum absolute atomic E-state index is 9.42. The van der Waals surface area contributed by atoms with Gasteiger partial charge in [0.05, 0.1) is 0 Å². The Morgan fingerprint density at radius 3 is 1.95 bits per heavy atom. The Labute approximate surface area is 118 Å². The second-order valence-corrected chi connectivity index (χ2v) is 4.72. The highest BCUT2D eigenvalue weighted by Crippen LogP contribution is 2.25. The number of para-hydroxylation sites is 1. The number of phenols is 2. The van der Waals surface area contributed by atoms with Crippen LogP contribution in [0.2, 0.25) is 0 Å². The first-order chi connectivity index (χ1) is 9.59. The van der Waals surface area contributed by atoms with E-state index in [1.165, 1.54) is 5.39 Å². The largest absolute Gasteiger partial charge is 0.508 e. The van der Waals surface area contributed by atoms with Crippen molar-refractivity contribution in [3.63, 3.8) is 0 Å². The lowest BCUT2D eigenvalue weighted by molar-refractivity contribution is 0.471. The monoisotopic (exact) mass is 266 g/mol. The van der Waals surface area contributed by atoms with Gasteiger partial charge in [-0.15, -0.1) is 0 Å². The molecule has 0 spiro atoms. The number of benzene rings is 3. The fourth-order valence-corrected chi connectivity index (χ4v) is 1.98. The molecule has 0 aliphatic rings. The molecule has 0 saturated carbocycles. The normalized spacial score (nSPS) is 9.90. The van der Waals surface area contributed by atoms with Crippen LogP contribution in [0.1, 0.15) is 11.1 Å². The summed E-state index contributed by atoms with van der Waals surface area (Å²) in [4.78, 5) is 0. The Hall–Kier alpha value is -2.48. The summed E-state index contributed by atoms with van der Waals surface area (Å²) < 4.78 is 0. The van der Waals surface area contributed by atoms with E-state index in [2.05, 4.69) is 0 Å². The van der Waals surface area contributed by atoms with E-state index in [-0.39, 0.29) is 0 Å². The lowest BCUT2D eigenvalue weighted by Crippen LogP contribution is -1.78. The summed E-state index contributed by atoms with van der Waals surface area (Å²) in [5.41, 5.74) is 1.88. The number of aryl methyl sites for hydroxylation is 2. The topological polar surface area (TPSA) is 40.5 Å². The van der Waals surface area contributed by atoms with Crippen molar-refractivity contribution in [3.8, 4) is 11.5 Å². The molecule has 2 nitrogen and oxygen atoms in total. The molecule has 0 radical (unpaired) electrons. The van der Waals surface area contributed by atoms with Crippen LogP contribution in [0, 0.1) is 13.8 Å². The SMILES string of the molecule is Cc1c(O)ccc2ccccc12.Cc1ccccc1O. The van der Waals surface area contributed by atoms with Gasteiger partial charge in [0.1, 0.15) is 11.5 Å². The molecular formula is C18H18O2. The van der Waals surface area contributed by atoms with Crippen molar-refractivity contribution in [2.45, 2.75) is 13.8 Å². The quantitative estimate of drug-likeness (QED) is 0.626. The summed E-state index contributed by atoms with van der Waals surface area (Å²) in [5, 5.41) is 20.6. The Morgan fingerprint density at radius 2 is 1.30 bits per heavy atom. The van der Waals surface area contributed by atoms with E-state index in [9.17, 15) is 5.11 Å². The van der Waals surface area contributed by atoms with Crippen molar-refractivity contribution < 1.29 is 10.2 Å². The summed E-state index contributed by atoms with van der Waals surface area (Å²) in [6.07, 6.45) is 0. The molecule has 0 aliphatic heterocycles. The highest BCUT2D eigenvalue weighted by Gasteiger charge is 1.99. The predicted molar refractivity (Wildman–Crippen MR) is 83.2 cm³/mol. The van der Waals surface area contributed by atoms with Gasteiger partial charge in [0.2, 0.25) is 0 Å². The van der Waals surface area contributed by atoms with E-state index in [1.54, 1.807) is 12.1 Å². The molecule has 3 aromatic rings. The molecule has 0 saturated heterocycles. The van der Waals surface area contributed by atoms with Gasteiger partial charge < -0.3 is 10.2 Å². The second-order valence-electron chi connectivity index (χ2n) is 4.72. The van der Waals surface area contributed by atoms with Crippen LogP contribution in [-0.4, -0.2) is 10.2 Å². The van der Waals surface area contributed by atoms with Crippen LogP contribution in [0.3, 0.4) is 0 Å². The van der Waals surface area contributed by atoms with Crippen LogP contribution < -0.4 is 0 Å². The molecule has 3 rings (SSSR count). The number of aromatic hydroxyl groups is 2. The molecule has 0 amide bonds. The number of rotatable bonds is 0. The zero-order valence-electron chi connectivity index (χ0n) is 11.7. The average Bonchev–Trinajstić information content (AvgIpc) is 2.47. The highest BCUT2D eigenvalue weighted by atomic mass is 16.3. The van der Waals surface area contributed by atoms with E-state index in [1.807, 2.05) is 62.4 Å². The van der Waals surface area contributed by atoms with Crippen LogP contribution in [0.4, 0.5) is 0 Å². The molecule has 0 fully saturated rings. The molecule has 0 heterocycles. The molecule has 3 aromatic carbocycles. The Morgan fingerprint density at radius 1 is 0.650 bits per heavy atom. The first-order valence-corrected chi connectivity index (χ1v) is 6.51. The lowest BCUT2D eigenvalue weighted by Gasteiger charge is -2.02. The zero-order valence-corrected chi connectivity index (χ0v) is 11.7. The number of hydrogen-bond acceptors (Lipinski definition) is 2. The van der Waals surface area contributed by atoms with E-state index in [4.69, 9.17) is 5.11 Å². The molecule has 0 aliphatic carbocycles. The van der Waals surface area contributed by atoms with Gasteiger partial charge in [-0.1, -0.05) is 48.5 Å². The van der Waals surface area contributed by atoms with Gasteiger partial charge in [-0.05, 0) is 47.9 Å². The van der Waals surface area contributed by atoms with Gasteiger partial charge >= 0.3 is 0 Å². The molecule has 0 bridgehead atoms. The van der Waals surface area contributed by atoms with Gasteiger partial charge in [0, 0.05) is 0 Å². The van der Waals surface area contributed by atoms with E-state index in [0.717, 1.165) is 16.5 Å². The van der Waals surface area contributed by atoms with Gasteiger partial charge in [0.25, 0.3) is 0 Å². The molecule has 2 N–H and O–H groups in total. The van der Waals surface area contributed by atoms with Crippen LogP contribution >= 0.6 is 0 Å². The Balaban J connectivity index is 0.000000160. The first kappa shape index (κ1) is 13.9. The minimum absolute atomic E-state index is 0.368. The van der Waals surface area contributed by atoms with Crippen molar-refractivity contribution >= 4 is 10.8 Å². The number of hydrogen-bond donors (Lipinski definition) is 2. The van der Waals surface area contributed by atoms with Crippen LogP contribution in [0.25, 0.3) is 10.8 Å². The van der Waals surface area contributed by atoms with Crippen molar-refractivity contribution in [2.24, 2.45) is 0 Å². The maximum atomic E-state index is 9.42. The molecule has 0 unspecified atom stereocenters.